The number of methoxy groups -OCH3 is 1. The van der Waals surface area contributed by atoms with E-state index >= 15 is 0 Å². The van der Waals surface area contributed by atoms with Crippen LogP contribution in [-0.4, -0.2) is 48.7 Å². The molecule has 1 aromatic rings. The number of carboxylic acids is 1. The maximum absolute atomic E-state index is 13.6. The molecule has 0 atom stereocenters. The van der Waals surface area contributed by atoms with Gasteiger partial charge >= 0.3 is 18.0 Å². The number of halogens is 1. The monoisotopic (exact) mass is 284 g/mol. The molecule has 0 bridgehead atoms. The fraction of sp³-hybridized carbons (Fsp3) is 0.250. The Kier molecular flexibility index (Phi) is 5.01. The topological polar surface area (TPSA) is 95.9 Å². The number of anilines is 1. The third kappa shape index (κ3) is 3.67. The number of carbonyl (C=O) groups excluding carboxylic acids is 2. The number of nitrogens with zero attached hydrogens (tertiary/aromatic N) is 1. The van der Waals surface area contributed by atoms with E-state index in [1.165, 1.54) is 13.1 Å². The molecule has 0 aliphatic heterocycles. The lowest BCUT2D eigenvalue weighted by Gasteiger charge is -2.17. The van der Waals surface area contributed by atoms with Crippen LogP contribution < -0.4 is 5.32 Å². The lowest BCUT2D eigenvalue weighted by Crippen LogP contribution is -2.36. The molecule has 7 nitrogen and oxygen atoms in total. The van der Waals surface area contributed by atoms with Crippen LogP contribution >= 0.6 is 0 Å². The van der Waals surface area contributed by atoms with Gasteiger partial charge in [0.15, 0.2) is 0 Å². The van der Waals surface area contributed by atoms with Gasteiger partial charge in [-0.2, -0.15) is 0 Å². The quantitative estimate of drug-likeness (QED) is 0.809. The highest BCUT2D eigenvalue weighted by molar-refractivity contribution is 6.00. The Balaban J connectivity index is 2.90. The van der Waals surface area contributed by atoms with Crippen molar-refractivity contribution >= 4 is 23.7 Å². The van der Waals surface area contributed by atoms with Crippen molar-refractivity contribution in [3.8, 4) is 0 Å². The molecular formula is C12H13FN2O5. The number of rotatable bonds is 4. The van der Waals surface area contributed by atoms with Crippen LogP contribution in [0.1, 0.15) is 10.4 Å². The van der Waals surface area contributed by atoms with Gasteiger partial charge in [0.2, 0.25) is 0 Å². The van der Waals surface area contributed by atoms with E-state index in [0.29, 0.717) is 0 Å². The van der Waals surface area contributed by atoms with E-state index in [2.05, 4.69) is 10.1 Å². The molecule has 0 spiro atoms. The smallest absolute Gasteiger partial charge is 0.337 e. The van der Waals surface area contributed by atoms with Gasteiger partial charge < -0.3 is 20.1 Å². The predicted octanol–water partition coefficient (Wildman–Crippen LogP) is 1.16. The summed E-state index contributed by atoms with van der Waals surface area (Å²) in [7, 11) is 2.45. The number of likely N-dealkylation sites (N-methyl/N-ethyl adjacent to an activating group) is 1. The molecule has 20 heavy (non-hydrogen) atoms. The van der Waals surface area contributed by atoms with E-state index in [1.54, 1.807) is 0 Å². The van der Waals surface area contributed by atoms with Crippen molar-refractivity contribution in [2.24, 2.45) is 0 Å². The van der Waals surface area contributed by atoms with Crippen LogP contribution in [0.15, 0.2) is 18.2 Å². The molecule has 1 aromatic carbocycles. The van der Waals surface area contributed by atoms with Crippen molar-refractivity contribution in [3.63, 3.8) is 0 Å². The zero-order valence-electron chi connectivity index (χ0n) is 10.8. The molecule has 0 aliphatic rings. The Morgan fingerprint density at radius 3 is 2.60 bits per heavy atom. The standard InChI is InChI=1S/C12H13FN2O5/c1-15(6-9(16)20-2)12(19)14-10-7(11(17)18)4-3-5-8(10)13/h3-5H,6H2,1-2H3,(H,14,19)(H,17,18). The average Bonchev–Trinajstić information content (AvgIpc) is 2.40. The Morgan fingerprint density at radius 2 is 2.05 bits per heavy atom. The Morgan fingerprint density at radius 1 is 1.40 bits per heavy atom. The number of ether oxygens (including phenoxy) is 1. The number of esters is 1. The fourth-order valence-corrected chi connectivity index (χ4v) is 1.36. The van der Waals surface area contributed by atoms with E-state index in [4.69, 9.17) is 5.11 Å². The first-order chi connectivity index (χ1) is 9.36. The number of amides is 2. The van der Waals surface area contributed by atoms with Crippen molar-refractivity contribution in [2.75, 3.05) is 26.0 Å². The maximum atomic E-state index is 13.6. The molecule has 0 radical (unpaired) electrons. The number of benzene rings is 1. The average molecular weight is 284 g/mol. The van der Waals surface area contributed by atoms with E-state index in [0.717, 1.165) is 24.1 Å². The van der Waals surface area contributed by atoms with Gasteiger partial charge in [0, 0.05) is 7.05 Å². The third-order valence-electron chi connectivity index (χ3n) is 2.42. The normalized spacial score (nSPS) is 9.75. The lowest BCUT2D eigenvalue weighted by atomic mass is 10.1. The fourth-order valence-electron chi connectivity index (χ4n) is 1.36. The first-order valence-electron chi connectivity index (χ1n) is 5.47. The Hall–Kier alpha value is -2.64. The molecule has 1 rings (SSSR count). The van der Waals surface area contributed by atoms with E-state index < -0.39 is 29.5 Å². The summed E-state index contributed by atoms with van der Waals surface area (Å²) >= 11 is 0. The zero-order valence-corrected chi connectivity index (χ0v) is 10.8. The first kappa shape index (κ1) is 15.4. The zero-order chi connectivity index (χ0) is 15.3. The number of carboxylic acid groups (broad SMARTS) is 1. The van der Waals surface area contributed by atoms with E-state index in [1.807, 2.05) is 0 Å². The minimum atomic E-state index is -1.38. The number of carbonyl (C=O) groups is 3. The summed E-state index contributed by atoms with van der Waals surface area (Å²) < 4.78 is 18.0. The van der Waals surface area contributed by atoms with Crippen LogP contribution in [0, 0.1) is 5.82 Å². The van der Waals surface area contributed by atoms with Crippen LogP contribution in [0.25, 0.3) is 0 Å². The molecule has 0 saturated carbocycles. The molecule has 0 aliphatic carbocycles. The molecule has 2 N–H and O–H groups in total. The summed E-state index contributed by atoms with van der Waals surface area (Å²) in [6, 6.07) is 2.55. The number of hydrogen-bond acceptors (Lipinski definition) is 4. The summed E-state index contributed by atoms with van der Waals surface area (Å²) in [6.45, 7) is -0.348. The molecule has 108 valence electrons. The van der Waals surface area contributed by atoms with Crippen LogP contribution in [0.4, 0.5) is 14.9 Å². The SMILES string of the molecule is COC(=O)CN(C)C(=O)Nc1c(F)cccc1C(=O)O. The third-order valence-corrected chi connectivity index (χ3v) is 2.42. The van der Waals surface area contributed by atoms with E-state index in [-0.39, 0.29) is 12.1 Å². The number of para-hydroxylation sites is 1. The molecule has 0 saturated heterocycles. The van der Waals surface area contributed by atoms with E-state index in [9.17, 15) is 18.8 Å². The van der Waals surface area contributed by atoms with Gasteiger partial charge in [-0.3, -0.25) is 4.79 Å². The molecule has 0 aromatic heterocycles. The van der Waals surface area contributed by atoms with Crippen LogP contribution in [0.2, 0.25) is 0 Å². The predicted molar refractivity (Wildman–Crippen MR) is 67.0 cm³/mol. The molecule has 0 unspecified atom stereocenters. The highest BCUT2D eigenvalue weighted by Crippen LogP contribution is 2.20. The summed E-state index contributed by atoms with van der Waals surface area (Å²) in [6.07, 6.45) is 0. The number of nitrogens with one attached hydrogen (secondary N) is 1. The van der Waals surface area contributed by atoms with Crippen LogP contribution in [-0.2, 0) is 9.53 Å². The summed E-state index contributed by atoms with van der Waals surface area (Å²) in [5.74, 6) is -2.92. The number of hydrogen-bond donors (Lipinski definition) is 2. The lowest BCUT2D eigenvalue weighted by molar-refractivity contribution is -0.140. The number of aromatic carboxylic acids is 1. The van der Waals surface area contributed by atoms with Crippen molar-refractivity contribution in [3.05, 3.63) is 29.6 Å². The van der Waals surface area contributed by atoms with Gasteiger partial charge in [0.05, 0.1) is 18.4 Å². The second-order valence-electron chi connectivity index (χ2n) is 3.83. The molecule has 8 heteroatoms. The van der Waals surface area contributed by atoms with Crippen LogP contribution in [0.5, 0.6) is 0 Å². The Bertz CT molecular complexity index is 547. The minimum absolute atomic E-state index is 0.348. The second-order valence-corrected chi connectivity index (χ2v) is 3.83. The van der Waals surface area contributed by atoms with Gasteiger partial charge in [0.25, 0.3) is 0 Å². The second kappa shape index (κ2) is 6.50. The van der Waals surface area contributed by atoms with Crippen molar-refractivity contribution in [2.45, 2.75) is 0 Å². The molecule has 2 amide bonds. The maximum Gasteiger partial charge on any atom is 0.337 e. The number of urea groups is 1. The van der Waals surface area contributed by atoms with Crippen molar-refractivity contribution in [1.82, 2.24) is 4.90 Å². The van der Waals surface area contributed by atoms with Gasteiger partial charge in [-0.05, 0) is 12.1 Å². The first-order valence-corrected chi connectivity index (χ1v) is 5.47. The van der Waals surface area contributed by atoms with Crippen LogP contribution in [0.3, 0.4) is 0 Å². The van der Waals surface area contributed by atoms with Gasteiger partial charge in [-0.15, -0.1) is 0 Å². The molecule has 0 fully saturated rings. The minimum Gasteiger partial charge on any atom is -0.478 e. The molecular weight excluding hydrogens is 271 g/mol. The largest absolute Gasteiger partial charge is 0.478 e. The summed E-state index contributed by atoms with van der Waals surface area (Å²) in [4.78, 5) is 34.6. The van der Waals surface area contributed by atoms with Gasteiger partial charge in [-0.1, -0.05) is 6.07 Å². The van der Waals surface area contributed by atoms with Gasteiger partial charge in [0.1, 0.15) is 12.4 Å². The van der Waals surface area contributed by atoms with Crippen molar-refractivity contribution in [1.29, 1.82) is 0 Å². The summed E-state index contributed by atoms with van der Waals surface area (Å²) in [5, 5.41) is 11.0. The summed E-state index contributed by atoms with van der Waals surface area (Å²) in [5.41, 5.74) is -0.841. The van der Waals surface area contributed by atoms with Crippen molar-refractivity contribution < 1.29 is 28.6 Å². The Labute approximate surface area is 113 Å². The van der Waals surface area contributed by atoms with Gasteiger partial charge in [-0.25, -0.2) is 14.0 Å². The highest BCUT2D eigenvalue weighted by Gasteiger charge is 2.19. The molecule has 0 heterocycles. The highest BCUT2D eigenvalue weighted by atomic mass is 19.1.